The Labute approximate surface area is 210 Å². The molecule has 2 aliphatic rings. The first kappa shape index (κ1) is 23.4. The molecule has 4 aromatic rings. The summed E-state index contributed by atoms with van der Waals surface area (Å²) >= 11 is 0. The molecule has 1 aromatic carbocycles. The Bertz CT molecular complexity index is 1460. The molecule has 0 radical (unpaired) electrons. The Morgan fingerprint density at radius 3 is 2.59 bits per heavy atom. The zero-order chi connectivity index (χ0) is 25.5. The average molecular weight is 508 g/mol. The number of alkyl halides is 1. The number of aromatic nitrogens is 5. The summed E-state index contributed by atoms with van der Waals surface area (Å²) in [5.41, 5.74) is 2.20. The number of anilines is 2. The number of nitrogens with zero attached hydrogens (tertiary/aromatic N) is 7. The Kier molecular flexibility index (Phi) is 5.99. The van der Waals surface area contributed by atoms with Crippen LogP contribution in [0.2, 0.25) is 0 Å². The highest BCUT2D eigenvalue weighted by molar-refractivity contribution is 5.67. The first-order valence-corrected chi connectivity index (χ1v) is 12.1. The van der Waals surface area contributed by atoms with E-state index in [1.165, 1.54) is 0 Å². The second-order valence-electron chi connectivity index (χ2n) is 9.33. The van der Waals surface area contributed by atoms with Gasteiger partial charge in [-0.3, -0.25) is 0 Å². The molecule has 0 aliphatic carbocycles. The zero-order valence-corrected chi connectivity index (χ0v) is 19.8. The van der Waals surface area contributed by atoms with Crippen LogP contribution in [0.5, 0.6) is 0 Å². The van der Waals surface area contributed by atoms with Gasteiger partial charge in [0.05, 0.1) is 48.7 Å². The Morgan fingerprint density at radius 1 is 0.973 bits per heavy atom. The molecule has 8 nitrogen and oxygen atoms in total. The van der Waals surface area contributed by atoms with Crippen molar-refractivity contribution in [2.24, 2.45) is 0 Å². The van der Waals surface area contributed by atoms with E-state index in [9.17, 15) is 18.3 Å². The number of aliphatic hydroxyl groups is 1. The van der Waals surface area contributed by atoms with E-state index < -0.39 is 23.8 Å². The predicted molar refractivity (Wildman–Crippen MR) is 133 cm³/mol. The number of β-amino-alcohol motifs (C(OH)–C–C–N with tert-alkyl or cyclic N) is 1. The summed E-state index contributed by atoms with van der Waals surface area (Å²) < 4.78 is 44.4. The molecule has 1 N–H and O–H groups in total. The van der Waals surface area contributed by atoms with E-state index in [1.807, 2.05) is 4.90 Å². The van der Waals surface area contributed by atoms with Gasteiger partial charge >= 0.3 is 0 Å². The molecule has 0 spiro atoms. The number of imidazole rings is 1. The van der Waals surface area contributed by atoms with E-state index in [0.717, 1.165) is 36.9 Å². The van der Waals surface area contributed by atoms with E-state index in [1.54, 1.807) is 52.3 Å². The van der Waals surface area contributed by atoms with Crippen molar-refractivity contribution in [3.63, 3.8) is 0 Å². The summed E-state index contributed by atoms with van der Waals surface area (Å²) in [7, 11) is 0. The second-order valence-corrected chi connectivity index (χ2v) is 9.33. The third-order valence-electron chi connectivity index (χ3n) is 6.83. The first-order valence-electron chi connectivity index (χ1n) is 12.1. The molecule has 0 unspecified atom stereocenters. The molecule has 2 saturated heterocycles. The summed E-state index contributed by atoms with van der Waals surface area (Å²) in [6, 6.07) is 6.00. The fourth-order valence-electron chi connectivity index (χ4n) is 4.97. The topological polar surface area (TPSA) is 82.7 Å². The smallest absolute Gasteiger partial charge is 0.154 e. The van der Waals surface area contributed by atoms with Gasteiger partial charge in [0, 0.05) is 25.1 Å². The van der Waals surface area contributed by atoms with Crippen LogP contribution >= 0.6 is 0 Å². The molecule has 5 heterocycles. The van der Waals surface area contributed by atoms with Crippen molar-refractivity contribution in [1.82, 2.24) is 24.6 Å². The zero-order valence-electron chi connectivity index (χ0n) is 19.8. The van der Waals surface area contributed by atoms with E-state index in [4.69, 9.17) is 0 Å². The van der Waals surface area contributed by atoms with Crippen LogP contribution in [0.4, 0.5) is 24.7 Å². The highest BCUT2D eigenvalue weighted by Crippen LogP contribution is 2.38. The van der Waals surface area contributed by atoms with Crippen LogP contribution in [0.3, 0.4) is 0 Å². The van der Waals surface area contributed by atoms with Gasteiger partial charge in [-0.1, -0.05) is 0 Å². The normalized spacial score (nSPS) is 22.1. The fourth-order valence-corrected chi connectivity index (χ4v) is 4.97. The predicted octanol–water partition coefficient (Wildman–Crippen LogP) is 3.83. The summed E-state index contributed by atoms with van der Waals surface area (Å²) in [5, 5.41) is 14.4. The van der Waals surface area contributed by atoms with Crippen molar-refractivity contribution in [3.05, 3.63) is 77.6 Å². The van der Waals surface area contributed by atoms with Gasteiger partial charge in [0.15, 0.2) is 11.5 Å². The van der Waals surface area contributed by atoms with E-state index in [2.05, 4.69) is 20.1 Å². The van der Waals surface area contributed by atoms with Gasteiger partial charge in [-0.25, -0.2) is 32.6 Å². The quantitative estimate of drug-likeness (QED) is 0.440. The number of hydrogen-bond donors (Lipinski definition) is 1. The summed E-state index contributed by atoms with van der Waals surface area (Å²) in [4.78, 5) is 16.8. The Balaban J connectivity index is 1.26. The number of halogens is 3. The van der Waals surface area contributed by atoms with Crippen LogP contribution in [0.1, 0.15) is 36.0 Å². The van der Waals surface area contributed by atoms with Crippen LogP contribution in [0.15, 0.2) is 48.9 Å². The van der Waals surface area contributed by atoms with Crippen LogP contribution < -0.4 is 9.80 Å². The minimum Gasteiger partial charge on any atom is -0.391 e. The van der Waals surface area contributed by atoms with Gasteiger partial charge in [-0.05, 0) is 48.9 Å². The summed E-state index contributed by atoms with van der Waals surface area (Å²) in [5.74, 6) is -0.222. The molecular formula is C26H24F3N7O. The first-order chi connectivity index (χ1) is 17.9. The number of aliphatic hydroxyl groups excluding tert-OH is 1. The van der Waals surface area contributed by atoms with Crippen molar-refractivity contribution in [2.75, 3.05) is 29.4 Å². The Morgan fingerprint density at radius 2 is 1.81 bits per heavy atom. The van der Waals surface area contributed by atoms with Crippen molar-refractivity contribution in [2.45, 2.75) is 31.2 Å². The molecule has 0 bridgehead atoms. The third kappa shape index (κ3) is 4.62. The second kappa shape index (κ2) is 9.47. The maximum absolute atomic E-state index is 14.5. The van der Waals surface area contributed by atoms with E-state index in [-0.39, 0.29) is 24.6 Å². The molecule has 37 heavy (non-hydrogen) atoms. The van der Waals surface area contributed by atoms with Gasteiger partial charge in [0.25, 0.3) is 0 Å². The van der Waals surface area contributed by atoms with Crippen molar-refractivity contribution >= 4 is 29.3 Å². The fraction of sp³-hybridized carbons (Fsp3) is 0.308. The lowest BCUT2D eigenvalue weighted by Crippen LogP contribution is -2.26. The van der Waals surface area contributed by atoms with Gasteiger partial charge in [0.1, 0.15) is 23.6 Å². The number of hydrogen-bond acceptors (Lipinski definition) is 7. The van der Waals surface area contributed by atoms with Crippen LogP contribution in [-0.4, -0.2) is 61.6 Å². The summed E-state index contributed by atoms with van der Waals surface area (Å²) in [6.45, 7) is 1.36. The standard InChI is InChI=1S/C26H24F3N7O/c27-16-1-3-22(29)21(9-16)23-10-17(28)14-35(23)26-6-5-25-32-11-18(36(25)33-26)2-4-24-30-12-19(13-31-24)34-8-7-20(37)15-34/h1-6,9,11-13,17,20,23,37H,7-8,10,14-15H2/b4-2+/t17-,20+,23+/m0/s1. The lowest BCUT2D eigenvalue weighted by Gasteiger charge is -2.26. The molecular weight excluding hydrogens is 483 g/mol. The molecule has 11 heteroatoms. The van der Waals surface area contributed by atoms with E-state index in [0.29, 0.717) is 29.5 Å². The van der Waals surface area contributed by atoms with Crippen LogP contribution in [0, 0.1) is 11.6 Å². The summed E-state index contributed by atoms with van der Waals surface area (Å²) in [6.07, 6.45) is 7.85. The van der Waals surface area contributed by atoms with Gasteiger partial charge in [-0.15, -0.1) is 5.10 Å². The maximum Gasteiger partial charge on any atom is 0.154 e. The lowest BCUT2D eigenvalue weighted by molar-refractivity contribution is 0.198. The third-order valence-corrected chi connectivity index (χ3v) is 6.83. The molecule has 3 atom stereocenters. The average Bonchev–Trinajstić information content (AvgIpc) is 3.62. The maximum atomic E-state index is 14.5. The molecule has 2 aliphatic heterocycles. The largest absolute Gasteiger partial charge is 0.391 e. The van der Waals surface area contributed by atoms with Crippen molar-refractivity contribution in [1.29, 1.82) is 0 Å². The molecule has 3 aromatic heterocycles. The van der Waals surface area contributed by atoms with Gasteiger partial charge in [-0.2, -0.15) is 0 Å². The Hall–Kier alpha value is -3.99. The van der Waals surface area contributed by atoms with Crippen LogP contribution in [-0.2, 0) is 0 Å². The molecule has 0 saturated carbocycles. The number of benzene rings is 1. The molecule has 190 valence electrons. The lowest BCUT2D eigenvalue weighted by atomic mass is 10.0. The highest BCUT2D eigenvalue weighted by atomic mass is 19.1. The SMILES string of the molecule is O[C@@H]1CCN(c2cnc(/C=C/c3cnc4ccc(N5C[C@@H](F)C[C@@H]5c5cc(F)ccc5F)nn34)nc2)C1. The monoisotopic (exact) mass is 507 g/mol. The minimum atomic E-state index is -1.20. The van der Waals surface area contributed by atoms with Crippen molar-refractivity contribution < 1.29 is 18.3 Å². The van der Waals surface area contributed by atoms with Gasteiger partial charge < -0.3 is 14.9 Å². The van der Waals surface area contributed by atoms with Crippen LogP contribution in [0.25, 0.3) is 17.8 Å². The highest BCUT2D eigenvalue weighted by Gasteiger charge is 2.36. The van der Waals surface area contributed by atoms with Crippen molar-refractivity contribution in [3.8, 4) is 0 Å². The van der Waals surface area contributed by atoms with Gasteiger partial charge in [0.2, 0.25) is 0 Å². The molecule has 6 rings (SSSR count). The number of fused-ring (bicyclic) bond motifs is 1. The van der Waals surface area contributed by atoms with E-state index >= 15 is 0 Å². The minimum absolute atomic E-state index is 0.0211. The number of rotatable bonds is 5. The molecule has 2 fully saturated rings. The molecule has 0 amide bonds.